The largest absolute Gasteiger partial charge is 0.263 e. The van der Waals surface area contributed by atoms with E-state index in [0.29, 0.717) is 0 Å². The number of hydrogen-bond acceptors (Lipinski definition) is 1. The second-order valence-corrected chi connectivity index (χ2v) is 6.07. The van der Waals surface area contributed by atoms with E-state index in [0.717, 1.165) is 17.0 Å². The number of aryl methyl sites for hydroxylation is 2. The molecule has 0 spiro atoms. The molecule has 1 heterocycles. The fourth-order valence-corrected chi connectivity index (χ4v) is 2.88. The molecule has 18 heavy (non-hydrogen) atoms. The van der Waals surface area contributed by atoms with Gasteiger partial charge in [-0.2, -0.15) is 0 Å². The van der Waals surface area contributed by atoms with E-state index in [-0.39, 0.29) is 4.83 Å². The summed E-state index contributed by atoms with van der Waals surface area (Å²) < 4.78 is 0. The lowest BCUT2D eigenvalue weighted by Gasteiger charge is -2.13. The molecule has 0 bridgehead atoms. The Balaban J connectivity index is 2.22. The van der Waals surface area contributed by atoms with Crippen LogP contribution in [0.2, 0.25) is 5.02 Å². The number of halogens is 2. The maximum absolute atomic E-state index is 6.13. The minimum absolute atomic E-state index is 0.274. The summed E-state index contributed by atoms with van der Waals surface area (Å²) >= 11 is 9.88. The van der Waals surface area contributed by atoms with Gasteiger partial charge in [-0.15, -0.1) is 0 Å². The molecule has 0 aliphatic carbocycles. The monoisotopic (exact) mass is 323 g/mol. The van der Waals surface area contributed by atoms with E-state index in [1.165, 1.54) is 16.7 Å². The molecule has 0 radical (unpaired) electrons. The third-order valence-corrected chi connectivity index (χ3v) is 4.05. The molecule has 0 N–H and O–H groups in total. The van der Waals surface area contributed by atoms with Crippen LogP contribution in [0.3, 0.4) is 0 Å². The van der Waals surface area contributed by atoms with Crippen LogP contribution in [0, 0.1) is 13.8 Å². The van der Waals surface area contributed by atoms with Gasteiger partial charge in [0.1, 0.15) is 0 Å². The van der Waals surface area contributed by atoms with Gasteiger partial charge in [0.2, 0.25) is 0 Å². The van der Waals surface area contributed by atoms with E-state index in [1.807, 2.05) is 6.07 Å². The van der Waals surface area contributed by atoms with Crippen LogP contribution in [-0.4, -0.2) is 4.98 Å². The summed E-state index contributed by atoms with van der Waals surface area (Å²) in [6, 6.07) is 8.57. The van der Waals surface area contributed by atoms with Crippen LogP contribution >= 0.6 is 27.5 Å². The Morgan fingerprint density at radius 2 is 1.89 bits per heavy atom. The zero-order valence-corrected chi connectivity index (χ0v) is 12.8. The minimum atomic E-state index is 0.274. The van der Waals surface area contributed by atoms with Crippen molar-refractivity contribution in [3.05, 3.63) is 63.9 Å². The Morgan fingerprint density at radius 3 is 2.50 bits per heavy atom. The van der Waals surface area contributed by atoms with Crippen LogP contribution in [-0.2, 0) is 6.42 Å². The van der Waals surface area contributed by atoms with Gasteiger partial charge < -0.3 is 0 Å². The zero-order chi connectivity index (χ0) is 13.1. The molecule has 0 aliphatic heterocycles. The molecule has 1 aromatic heterocycles. The molecule has 1 nitrogen and oxygen atoms in total. The molecule has 2 rings (SSSR count). The third-order valence-electron chi connectivity index (χ3n) is 2.86. The van der Waals surface area contributed by atoms with Gasteiger partial charge >= 0.3 is 0 Å². The van der Waals surface area contributed by atoms with Gasteiger partial charge in [-0.25, -0.2) is 0 Å². The summed E-state index contributed by atoms with van der Waals surface area (Å²) in [7, 11) is 0. The molecule has 94 valence electrons. The Hall–Kier alpha value is -0.860. The zero-order valence-electron chi connectivity index (χ0n) is 10.5. The summed E-state index contributed by atoms with van der Waals surface area (Å²) in [5, 5.41) is 0.728. The fraction of sp³-hybridized carbons (Fsp3) is 0.267. The lowest BCUT2D eigenvalue weighted by atomic mass is 10.0. The van der Waals surface area contributed by atoms with E-state index in [9.17, 15) is 0 Å². The molecule has 3 heteroatoms. The van der Waals surface area contributed by atoms with E-state index < -0.39 is 0 Å². The van der Waals surface area contributed by atoms with Crippen molar-refractivity contribution in [3.63, 3.8) is 0 Å². The number of nitrogens with zero attached hydrogens (tertiary/aromatic N) is 1. The Kier molecular flexibility index (Phi) is 4.41. The molecule has 1 aromatic carbocycles. The van der Waals surface area contributed by atoms with Gasteiger partial charge in [-0.1, -0.05) is 56.9 Å². The first-order valence-electron chi connectivity index (χ1n) is 5.87. The summed E-state index contributed by atoms with van der Waals surface area (Å²) in [4.78, 5) is 4.28. The van der Waals surface area contributed by atoms with Crippen molar-refractivity contribution in [1.29, 1.82) is 0 Å². The number of benzene rings is 1. The van der Waals surface area contributed by atoms with Gasteiger partial charge in [0.15, 0.2) is 0 Å². The van der Waals surface area contributed by atoms with Gasteiger partial charge in [0, 0.05) is 17.2 Å². The molecule has 1 atom stereocenters. The summed E-state index contributed by atoms with van der Waals surface area (Å²) in [5.41, 5.74) is 4.98. The van der Waals surface area contributed by atoms with Crippen molar-refractivity contribution in [2.24, 2.45) is 0 Å². The SMILES string of the molecule is Cc1cc(C)cc(C(Br)Cc2ccncc2Cl)c1. The number of rotatable bonds is 3. The normalized spacial score (nSPS) is 12.4. The maximum Gasteiger partial charge on any atom is 0.0621 e. The highest BCUT2D eigenvalue weighted by Crippen LogP contribution is 2.30. The quantitative estimate of drug-likeness (QED) is 0.722. The average molecular weight is 325 g/mol. The molecule has 0 aliphatic rings. The van der Waals surface area contributed by atoms with E-state index in [1.54, 1.807) is 12.4 Å². The summed E-state index contributed by atoms with van der Waals surface area (Å²) in [5.74, 6) is 0. The number of alkyl halides is 1. The predicted molar refractivity (Wildman–Crippen MR) is 80.5 cm³/mol. The van der Waals surface area contributed by atoms with Gasteiger partial charge in [0.05, 0.1) is 5.02 Å². The standard InChI is InChI=1S/C15H15BrClN/c1-10-5-11(2)7-13(6-10)14(16)8-12-3-4-18-9-15(12)17/h3-7,9,14H,8H2,1-2H3. The second-order valence-electron chi connectivity index (χ2n) is 4.56. The van der Waals surface area contributed by atoms with Crippen molar-refractivity contribution in [2.45, 2.75) is 25.1 Å². The van der Waals surface area contributed by atoms with Crippen molar-refractivity contribution in [1.82, 2.24) is 4.98 Å². The number of hydrogen-bond donors (Lipinski definition) is 0. The molecular weight excluding hydrogens is 310 g/mol. The predicted octanol–water partition coefficient (Wildman–Crippen LogP) is 5.03. The lowest BCUT2D eigenvalue weighted by molar-refractivity contribution is 0.940. The van der Waals surface area contributed by atoms with Crippen molar-refractivity contribution < 1.29 is 0 Å². The van der Waals surface area contributed by atoms with Crippen molar-refractivity contribution >= 4 is 27.5 Å². The highest BCUT2D eigenvalue weighted by atomic mass is 79.9. The third kappa shape index (κ3) is 3.33. The highest BCUT2D eigenvalue weighted by Gasteiger charge is 2.11. The van der Waals surface area contributed by atoms with Gasteiger partial charge in [0.25, 0.3) is 0 Å². The van der Waals surface area contributed by atoms with E-state index in [4.69, 9.17) is 11.6 Å². The molecule has 0 saturated heterocycles. The fourth-order valence-electron chi connectivity index (χ4n) is 2.07. The first-order valence-corrected chi connectivity index (χ1v) is 7.16. The highest BCUT2D eigenvalue weighted by molar-refractivity contribution is 9.09. The van der Waals surface area contributed by atoms with Crippen LogP contribution in [0.25, 0.3) is 0 Å². The summed E-state index contributed by atoms with van der Waals surface area (Å²) in [6.45, 7) is 4.24. The average Bonchev–Trinajstić information content (AvgIpc) is 2.31. The van der Waals surface area contributed by atoms with E-state index in [2.05, 4.69) is 53.0 Å². The number of pyridine rings is 1. The van der Waals surface area contributed by atoms with Crippen LogP contribution in [0.5, 0.6) is 0 Å². The van der Waals surface area contributed by atoms with Gasteiger partial charge in [-0.05, 0) is 37.5 Å². The van der Waals surface area contributed by atoms with Crippen molar-refractivity contribution in [2.75, 3.05) is 0 Å². The second kappa shape index (κ2) is 5.85. The molecule has 0 amide bonds. The van der Waals surface area contributed by atoms with Crippen LogP contribution < -0.4 is 0 Å². The van der Waals surface area contributed by atoms with Crippen LogP contribution in [0.1, 0.15) is 27.1 Å². The first-order chi connectivity index (χ1) is 8.56. The maximum atomic E-state index is 6.13. The molecule has 0 fully saturated rings. The Labute approximate surface area is 121 Å². The van der Waals surface area contributed by atoms with E-state index >= 15 is 0 Å². The van der Waals surface area contributed by atoms with Crippen LogP contribution in [0.15, 0.2) is 36.7 Å². The minimum Gasteiger partial charge on any atom is -0.263 e. The van der Waals surface area contributed by atoms with Gasteiger partial charge in [-0.3, -0.25) is 4.98 Å². The summed E-state index contributed by atoms with van der Waals surface area (Å²) in [6.07, 6.45) is 4.34. The molecule has 1 unspecified atom stereocenters. The number of aromatic nitrogens is 1. The molecule has 0 saturated carbocycles. The lowest BCUT2D eigenvalue weighted by Crippen LogP contribution is -1.98. The molecular formula is C15H15BrClN. The molecule has 2 aromatic rings. The Bertz CT molecular complexity index is 534. The topological polar surface area (TPSA) is 12.9 Å². The Morgan fingerprint density at radius 1 is 1.22 bits per heavy atom. The van der Waals surface area contributed by atoms with Crippen LogP contribution in [0.4, 0.5) is 0 Å². The first kappa shape index (κ1) is 13.6. The van der Waals surface area contributed by atoms with Crippen molar-refractivity contribution in [3.8, 4) is 0 Å². The smallest absolute Gasteiger partial charge is 0.0621 e.